The van der Waals surface area contributed by atoms with E-state index in [2.05, 4.69) is 21.2 Å². The third kappa shape index (κ3) is 3.02. The zero-order valence-electron chi connectivity index (χ0n) is 11.8. The van der Waals surface area contributed by atoms with E-state index in [4.69, 9.17) is 0 Å². The van der Waals surface area contributed by atoms with Crippen LogP contribution in [0.15, 0.2) is 46.9 Å². The minimum atomic E-state index is -0.219. The zero-order chi connectivity index (χ0) is 14.7. The average Bonchev–Trinajstić information content (AvgIpc) is 2.45. The van der Waals surface area contributed by atoms with Crippen molar-refractivity contribution in [3.05, 3.63) is 63.9 Å². The number of hydrogen-bond acceptors (Lipinski definition) is 2. The van der Waals surface area contributed by atoms with Crippen LogP contribution < -0.4 is 10.2 Å². The second kappa shape index (κ2) is 6.37. The molecule has 20 heavy (non-hydrogen) atoms. The van der Waals surface area contributed by atoms with Gasteiger partial charge in [-0.25, -0.2) is 4.39 Å². The molecule has 0 aliphatic carbocycles. The third-order valence-corrected chi connectivity index (χ3v) is 3.94. The van der Waals surface area contributed by atoms with E-state index in [9.17, 15) is 4.39 Å². The molecule has 0 bridgehead atoms. The standard InChI is InChI=1S/C16H18BrFN2/c1-19-16(13-5-4-6-14(17)15(13)18)11-7-9-12(10-8-11)20(2)3/h4-10,16,19H,1-3H3. The van der Waals surface area contributed by atoms with Gasteiger partial charge >= 0.3 is 0 Å². The van der Waals surface area contributed by atoms with Gasteiger partial charge in [-0.15, -0.1) is 0 Å². The van der Waals surface area contributed by atoms with Crippen LogP contribution in [0.25, 0.3) is 0 Å². The molecule has 0 aromatic heterocycles. The van der Waals surface area contributed by atoms with Gasteiger partial charge in [0, 0.05) is 25.3 Å². The zero-order valence-corrected chi connectivity index (χ0v) is 13.4. The lowest BCUT2D eigenvalue weighted by Crippen LogP contribution is -2.19. The normalized spacial score (nSPS) is 12.2. The summed E-state index contributed by atoms with van der Waals surface area (Å²) in [6, 6.07) is 13.3. The molecule has 0 aliphatic heterocycles. The SMILES string of the molecule is CNC(c1ccc(N(C)C)cc1)c1cccc(Br)c1F. The molecule has 1 unspecified atom stereocenters. The lowest BCUT2D eigenvalue weighted by atomic mass is 9.98. The molecule has 2 aromatic rings. The Kier molecular flexibility index (Phi) is 4.78. The Balaban J connectivity index is 2.39. The van der Waals surface area contributed by atoms with Crippen molar-refractivity contribution in [3.8, 4) is 0 Å². The Morgan fingerprint density at radius 2 is 1.75 bits per heavy atom. The number of anilines is 1. The fourth-order valence-electron chi connectivity index (χ4n) is 2.21. The summed E-state index contributed by atoms with van der Waals surface area (Å²) in [7, 11) is 5.84. The van der Waals surface area contributed by atoms with Crippen molar-refractivity contribution < 1.29 is 4.39 Å². The highest BCUT2D eigenvalue weighted by molar-refractivity contribution is 9.10. The molecule has 2 nitrogen and oxygen atoms in total. The molecule has 2 aromatic carbocycles. The molecule has 0 radical (unpaired) electrons. The molecule has 1 atom stereocenters. The molecule has 2 rings (SSSR count). The highest BCUT2D eigenvalue weighted by Crippen LogP contribution is 2.29. The molecular formula is C16H18BrFN2. The number of hydrogen-bond donors (Lipinski definition) is 1. The van der Waals surface area contributed by atoms with Crippen molar-refractivity contribution in [2.24, 2.45) is 0 Å². The van der Waals surface area contributed by atoms with E-state index in [1.165, 1.54) is 0 Å². The van der Waals surface area contributed by atoms with E-state index in [0.29, 0.717) is 10.0 Å². The lowest BCUT2D eigenvalue weighted by Gasteiger charge is -2.20. The number of benzene rings is 2. The summed E-state index contributed by atoms with van der Waals surface area (Å²) >= 11 is 3.24. The van der Waals surface area contributed by atoms with Crippen LogP contribution >= 0.6 is 15.9 Å². The molecule has 0 aliphatic rings. The van der Waals surface area contributed by atoms with Crippen LogP contribution in [0.1, 0.15) is 17.2 Å². The fraction of sp³-hybridized carbons (Fsp3) is 0.250. The van der Waals surface area contributed by atoms with Crippen LogP contribution in [0.2, 0.25) is 0 Å². The van der Waals surface area contributed by atoms with Crippen molar-refractivity contribution in [2.75, 3.05) is 26.0 Å². The van der Waals surface area contributed by atoms with Crippen LogP contribution in [0.3, 0.4) is 0 Å². The Morgan fingerprint density at radius 3 is 2.30 bits per heavy atom. The van der Waals surface area contributed by atoms with Gasteiger partial charge in [0.15, 0.2) is 0 Å². The van der Waals surface area contributed by atoms with Gasteiger partial charge in [0.2, 0.25) is 0 Å². The van der Waals surface area contributed by atoms with Gasteiger partial charge in [-0.2, -0.15) is 0 Å². The monoisotopic (exact) mass is 336 g/mol. The number of nitrogens with one attached hydrogen (secondary N) is 1. The highest BCUT2D eigenvalue weighted by Gasteiger charge is 2.17. The minimum absolute atomic E-state index is 0.163. The van der Waals surface area contributed by atoms with Gasteiger partial charge in [-0.3, -0.25) is 0 Å². The predicted molar refractivity (Wildman–Crippen MR) is 85.8 cm³/mol. The summed E-state index contributed by atoms with van der Waals surface area (Å²) in [5.41, 5.74) is 2.80. The van der Waals surface area contributed by atoms with Crippen molar-refractivity contribution in [3.63, 3.8) is 0 Å². The maximum absolute atomic E-state index is 14.2. The molecule has 106 valence electrons. The molecule has 0 saturated carbocycles. The molecule has 0 heterocycles. The number of nitrogens with zero attached hydrogens (tertiary/aromatic N) is 1. The van der Waals surface area contributed by atoms with Crippen LogP contribution in [-0.2, 0) is 0 Å². The van der Waals surface area contributed by atoms with Gasteiger partial charge < -0.3 is 10.2 Å². The first-order valence-corrected chi connectivity index (χ1v) is 7.22. The topological polar surface area (TPSA) is 15.3 Å². The first-order valence-electron chi connectivity index (χ1n) is 6.43. The second-order valence-electron chi connectivity index (χ2n) is 4.85. The summed E-state index contributed by atoms with van der Waals surface area (Å²) in [6.45, 7) is 0. The molecule has 1 N–H and O–H groups in total. The van der Waals surface area contributed by atoms with Crippen LogP contribution in [0.5, 0.6) is 0 Å². The first-order chi connectivity index (χ1) is 9.54. The first kappa shape index (κ1) is 15.0. The van der Waals surface area contributed by atoms with E-state index >= 15 is 0 Å². The van der Waals surface area contributed by atoms with Crippen molar-refractivity contribution in [2.45, 2.75) is 6.04 Å². The van der Waals surface area contributed by atoms with Crippen molar-refractivity contribution in [1.82, 2.24) is 5.32 Å². The van der Waals surface area contributed by atoms with E-state index in [-0.39, 0.29) is 11.9 Å². The Bertz CT molecular complexity index is 582. The largest absolute Gasteiger partial charge is 0.378 e. The third-order valence-electron chi connectivity index (χ3n) is 3.32. The lowest BCUT2D eigenvalue weighted by molar-refractivity contribution is 0.571. The summed E-state index contributed by atoms with van der Waals surface area (Å²) < 4.78 is 14.7. The Hall–Kier alpha value is -1.39. The number of rotatable bonds is 4. The molecule has 0 spiro atoms. The second-order valence-corrected chi connectivity index (χ2v) is 5.71. The Morgan fingerprint density at radius 1 is 1.10 bits per heavy atom. The Labute approximate surface area is 127 Å². The van der Waals surface area contributed by atoms with Crippen molar-refractivity contribution in [1.29, 1.82) is 0 Å². The predicted octanol–water partition coefficient (Wildman–Crippen LogP) is 3.96. The average molecular weight is 337 g/mol. The van der Waals surface area contributed by atoms with E-state index < -0.39 is 0 Å². The number of halogens is 2. The summed E-state index contributed by atoms with van der Waals surface area (Å²) in [4.78, 5) is 2.04. The molecule has 0 fully saturated rings. The minimum Gasteiger partial charge on any atom is -0.378 e. The molecule has 4 heteroatoms. The van der Waals surface area contributed by atoms with Gasteiger partial charge in [0.25, 0.3) is 0 Å². The van der Waals surface area contributed by atoms with Gasteiger partial charge in [-0.05, 0) is 46.7 Å². The van der Waals surface area contributed by atoms with Crippen LogP contribution in [0.4, 0.5) is 10.1 Å². The van der Waals surface area contributed by atoms with E-state index in [1.807, 2.05) is 56.4 Å². The molecular weight excluding hydrogens is 319 g/mol. The van der Waals surface area contributed by atoms with Crippen molar-refractivity contribution >= 4 is 21.6 Å². The summed E-state index contributed by atoms with van der Waals surface area (Å²) in [5, 5.41) is 3.18. The van der Waals surface area contributed by atoms with E-state index in [1.54, 1.807) is 12.1 Å². The molecule has 0 amide bonds. The quantitative estimate of drug-likeness (QED) is 0.908. The summed E-state index contributed by atoms with van der Waals surface area (Å²) in [6.07, 6.45) is 0. The van der Waals surface area contributed by atoms with Crippen LogP contribution in [-0.4, -0.2) is 21.1 Å². The fourth-order valence-corrected chi connectivity index (χ4v) is 2.59. The maximum Gasteiger partial charge on any atom is 0.142 e. The molecule has 0 saturated heterocycles. The van der Waals surface area contributed by atoms with Crippen LogP contribution in [0, 0.1) is 5.82 Å². The van der Waals surface area contributed by atoms with Gasteiger partial charge in [-0.1, -0.05) is 24.3 Å². The van der Waals surface area contributed by atoms with E-state index in [0.717, 1.165) is 11.3 Å². The maximum atomic E-state index is 14.2. The van der Waals surface area contributed by atoms with Gasteiger partial charge in [0.05, 0.1) is 10.5 Å². The smallest absolute Gasteiger partial charge is 0.142 e. The summed E-state index contributed by atoms with van der Waals surface area (Å²) in [5.74, 6) is -0.219. The highest BCUT2D eigenvalue weighted by atomic mass is 79.9. The van der Waals surface area contributed by atoms with Gasteiger partial charge in [0.1, 0.15) is 5.82 Å².